The van der Waals surface area contributed by atoms with E-state index in [0.29, 0.717) is 37.6 Å². The number of carbonyl (C=O) groups excluding carboxylic acids is 1. The topological polar surface area (TPSA) is 69.7 Å². The van der Waals surface area contributed by atoms with Crippen LogP contribution in [0.4, 0.5) is 4.79 Å². The average Bonchev–Trinajstić information content (AvgIpc) is 2.52. The molecule has 0 aromatic heterocycles. The van der Waals surface area contributed by atoms with E-state index < -0.39 is 10.0 Å². The van der Waals surface area contributed by atoms with Crippen LogP contribution in [0.1, 0.15) is 26.3 Å². The van der Waals surface area contributed by atoms with Gasteiger partial charge in [-0.25, -0.2) is 13.2 Å². The van der Waals surface area contributed by atoms with E-state index in [1.54, 1.807) is 23.1 Å². The van der Waals surface area contributed by atoms with Crippen LogP contribution in [0.2, 0.25) is 0 Å². The number of aryl methyl sites for hydroxylation is 1. The predicted octanol–water partition coefficient (Wildman–Crippen LogP) is 2.06. The van der Waals surface area contributed by atoms with Crippen molar-refractivity contribution < 1.29 is 13.2 Å². The molecule has 1 N–H and O–H groups in total. The van der Waals surface area contributed by atoms with Crippen LogP contribution < -0.4 is 5.32 Å². The van der Waals surface area contributed by atoms with Crippen molar-refractivity contribution in [2.45, 2.75) is 32.6 Å². The monoisotopic (exact) mass is 353 g/mol. The highest BCUT2D eigenvalue weighted by molar-refractivity contribution is 7.89. The zero-order chi connectivity index (χ0) is 18.0. The SMILES string of the molecule is Cc1cccc(S(=O)(=O)N2CCN(C(=O)NCC(C)(C)C)CC2)c1. The fourth-order valence-corrected chi connectivity index (χ4v) is 4.04. The third-order valence-electron chi connectivity index (χ3n) is 3.92. The Balaban J connectivity index is 1.96. The number of carbonyl (C=O) groups is 1. The third kappa shape index (κ3) is 4.70. The van der Waals surface area contributed by atoms with Crippen molar-refractivity contribution in [3.05, 3.63) is 29.8 Å². The van der Waals surface area contributed by atoms with Gasteiger partial charge in [-0.2, -0.15) is 4.31 Å². The van der Waals surface area contributed by atoms with Crippen LogP contribution in [0.25, 0.3) is 0 Å². The molecule has 1 aliphatic heterocycles. The normalized spacial score (nSPS) is 16.9. The molecule has 1 saturated heterocycles. The van der Waals surface area contributed by atoms with Crippen molar-refractivity contribution in [1.82, 2.24) is 14.5 Å². The fraction of sp³-hybridized carbons (Fsp3) is 0.588. The molecule has 0 radical (unpaired) electrons. The summed E-state index contributed by atoms with van der Waals surface area (Å²) in [6.45, 7) is 10.1. The molecular formula is C17H27N3O3S. The molecule has 0 saturated carbocycles. The molecule has 1 aromatic rings. The molecule has 7 heteroatoms. The second-order valence-electron chi connectivity index (χ2n) is 7.43. The predicted molar refractivity (Wildman–Crippen MR) is 94.4 cm³/mol. The van der Waals surface area contributed by atoms with Crippen molar-refractivity contribution >= 4 is 16.1 Å². The summed E-state index contributed by atoms with van der Waals surface area (Å²) in [7, 11) is -3.49. The van der Waals surface area contributed by atoms with Gasteiger partial charge in [-0.15, -0.1) is 0 Å². The minimum atomic E-state index is -3.49. The van der Waals surface area contributed by atoms with Gasteiger partial charge in [-0.1, -0.05) is 32.9 Å². The number of urea groups is 1. The molecule has 1 heterocycles. The maximum absolute atomic E-state index is 12.7. The van der Waals surface area contributed by atoms with Gasteiger partial charge < -0.3 is 10.2 Å². The van der Waals surface area contributed by atoms with E-state index in [9.17, 15) is 13.2 Å². The van der Waals surface area contributed by atoms with Crippen LogP contribution >= 0.6 is 0 Å². The van der Waals surface area contributed by atoms with Crippen molar-refractivity contribution in [2.24, 2.45) is 5.41 Å². The minimum Gasteiger partial charge on any atom is -0.337 e. The van der Waals surface area contributed by atoms with Gasteiger partial charge in [-0.3, -0.25) is 0 Å². The zero-order valence-corrected chi connectivity index (χ0v) is 15.7. The van der Waals surface area contributed by atoms with Gasteiger partial charge in [0.2, 0.25) is 10.0 Å². The Hall–Kier alpha value is -1.60. The summed E-state index contributed by atoms with van der Waals surface area (Å²) in [5, 5.41) is 2.90. The number of nitrogens with one attached hydrogen (secondary N) is 1. The molecule has 1 fully saturated rings. The van der Waals surface area contributed by atoms with E-state index in [-0.39, 0.29) is 11.4 Å². The second kappa shape index (κ2) is 7.11. The van der Waals surface area contributed by atoms with Gasteiger partial charge in [-0.05, 0) is 30.0 Å². The Morgan fingerprint density at radius 3 is 2.33 bits per heavy atom. The quantitative estimate of drug-likeness (QED) is 0.904. The number of rotatable bonds is 3. The van der Waals surface area contributed by atoms with Gasteiger partial charge in [0, 0.05) is 32.7 Å². The minimum absolute atomic E-state index is 0.0198. The smallest absolute Gasteiger partial charge is 0.317 e. The van der Waals surface area contributed by atoms with E-state index in [4.69, 9.17) is 0 Å². The summed E-state index contributed by atoms with van der Waals surface area (Å²) in [5.74, 6) is 0. The Morgan fingerprint density at radius 1 is 1.17 bits per heavy atom. The first-order chi connectivity index (χ1) is 11.1. The Kier molecular flexibility index (Phi) is 5.55. The van der Waals surface area contributed by atoms with E-state index >= 15 is 0 Å². The van der Waals surface area contributed by atoms with E-state index in [2.05, 4.69) is 26.1 Å². The molecule has 2 amide bonds. The molecule has 0 unspecified atom stereocenters. The molecule has 1 aromatic carbocycles. The molecule has 0 aliphatic carbocycles. The molecule has 134 valence electrons. The highest BCUT2D eigenvalue weighted by Crippen LogP contribution is 2.19. The van der Waals surface area contributed by atoms with Crippen molar-refractivity contribution in [3.8, 4) is 0 Å². The van der Waals surface area contributed by atoms with Crippen LogP contribution in [0, 0.1) is 12.3 Å². The second-order valence-corrected chi connectivity index (χ2v) is 9.36. The number of piperazine rings is 1. The van der Waals surface area contributed by atoms with Crippen LogP contribution in [0.15, 0.2) is 29.2 Å². The molecule has 6 nitrogen and oxygen atoms in total. The highest BCUT2D eigenvalue weighted by atomic mass is 32.2. The largest absolute Gasteiger partial charge is 0.337 e. The first kappa shape index (κ1) is 18.7. The summed E-state index contributed by atoms with van der Waals surface area (Å²) in [4.78, 5) is 14.2. The van der Waals surface area contributed by atoms with Crippen molar-refractivity contribution in [3.63, 3.8) is 0 Å². The summed E-state index contributed by atoms with van der Waals surface area (Å²) in [5.41, 5.74) is 0.933. The lowest BCUT2D eigenvalue weighted by atomic mass is 9.97. The van der Waals surface area contributed by atoms with Crippen LogP contribution in [0.5, 0.6) is 0 Å². The summed E-state index contributed by atoms with van der Waals surface area (Å²) < 4.78 is 26.8. The molecule has 0 bridgehead atoms. The average molecular weight is 353 g/mol. The molecule has 0 spiro atoms. The highest BCUT2D eigenvalue weighted by Gasteiger charge is 2.30. The summed E-state index contributed by atoms with van der Waals surface area (Å²) in [6, 6.07) is 6.79. The van der Waals surface area contributed by atoms with E-state index in [1.165, 1.54) is 4.31 Å². The first-order valence-electron chi connectivity index (χ1n) is 8.19. The van der Waals surface area contributed by atoms with Gasteiger partial charge in [0.05, 0.1) is 4.90 Å². The Morgan fingerprint density at radius 2 is 1.79 bits per heavy atom. The van der Waals surface area contributed by atoms with Crippen molar-refractivity contribution in [2.75, 3.05) is 32.7 Å². The molecule has 0 atom stereocenters. The van der Waals surface area contributed by atoms with Gasteiger partial charge in [0.25, 0.3) is 0 Å². The van der Waals surface area contributed by atoms with Crippen LogP contribution in [-0.4, -0.2) is 56.4 Å². The maximum Gasteiger partial charge on any atom is 0.317 e. The van der Waals surface area contributed by atoms with E-state index in [1.807, 2.05) is 13.0 Å². The fourth-order valence-electron chi connectivity index (χ4n) is 2.51. The number of benzene rings is 1. The number of sulfonamides is 1. The molecule has 2 rings (SSSR count). The van der Waals surface area contributed by atoms with Gasteiger partial charge >= 0.3 is 6.03 Å². The third-order valence-corrected chi connectivity index (χ3v) is 5.82. The molecule has 1 aliphatic rings. The lowest BCUT2D eigenvalue weighted by Crippen LogP contribution is -2.53. The molecular weight excluding hydrogens is 326 g/mol. The molecule has 24 heavy (non-hydrogen) atoms. The standard InChI is InChI=1S/C17H27N3O3S/c1-14-6-5-7-15(12-14)24(22,23)20-10-8-19(9-11-20)16(21)18-13-17(2,3)4/h5-7,12H,8-11,13H2,1-4H3,(H,18,21). The first-order valence-corrected chi connectivity index (χ1v) is 9.63. The van der Waals surface area contributed by atoms with Crippen LogP contribution in [-0.2, 0) is 10.0 Å². The number of amides is 2. The zero-order valence-electron chi connectivity index (χ0n) is 14.9. The van der Waals surface area contributed by atoms with Crippen molar-refractivity contribution in [1.29, 1.82) is 0 Å². The Labute approximate surface area is 144 Å². The summed E-state index contributed by atoms with van der Waals surface area (Å²) >= 11 is 0. The Bertz CT molecular complexity index is 687. The van der Waals surface area contributed by atoms with Gasteiger partial charge in [0.1, 0.15) is 0 Å². The summed E-state index contributed by atoms with van der Waals surface area (Å²) in [6.07, 6.45) is 0. The van der Waals surface area contributed by atoms with E-state index in [0.717, 1.165) is 5.56 Å². The number of nitrogens with zero attached hydrogens (tertiary/aromatic N) is 2. The van der Waals surface area contributed by atoms with Crippen LogP contribution in [0.3, 0.4) is 0 Å². The lowest BCUT2D eigenvalue weighted by Gasteiger charge is -2.34. The lowest BCUT2D eigenvalue weighted by molar-refractivity contribution is 0.169. The van der Waals surface area contributed by atoms with Gasteiger partial charge in [0.15, 0.2) is 0 Å². The number of hydrogen-bond donors (Lipinski definition) is 1. The number of hydrogen-bond acceptors (Lipinski definition) is 3. The maximum atomic E-state index is 12.7.